The van der Waals surface area contributed by atoms with Gasteiger partial charge in [-0.05, 0) is 69.9 Å². The molecule has 13 heteroatoms. The lowest BCUT2D eigenvalue weighted by Crippen LogP contribution is -2.40. The largest absolute Gasteiger partial charge is 0.462 e. The standard InChI is InChI=1S/C38H51N4O8P/c1-5-15-29-32-36(40-22-39-29)42(23-41-32)37-34(44)33(43)35(48-37)25(4)49-51(46,31(6-2)24(3)38(45)47-27-18-11-9-12-19-27)50-30-21-14-17-26-16-10-7-8-13-20-28(26)30/h7-8,13-14,17,20-25,27,31,33-35,37,43-44H,5-6,9-12,15-16,18-19H2,1-4H3. The number of imidazole rings is 1. The minimum absolute atomic E-state index is 0.165. The van der Waals surface area contributed by atoms with Crippen molar-refractivity contribution in [1.82, 2.24) is 19.5 Å². The second-order valence-corrected chi connectivity index (χ2v) is 16.1. The minimum atomic E-state index is -4.24. The smallest absolute Gasteiger partial charge is 0.383 e. The molecule has 0 amide bonds. The van der Waals surface area contributed by atoms with Crippen LogP contribution in [0.1, 0.15) is 102 Å². The number of benzene rings is 1. The maximum atomic E-state index is 15.4. The summed E-state index contributed by atoms with van der Waals surface area (Å²) in [5.74, 6) is -0.883. The van der Waals surface area contributed by atoms with Gasteiger partial charge in [0, 0.05) is 5.56 Å². The number of aliphatic hydroxyl groups excluding tert-OH is 2. The molecule has 8 atom stereocenters. The fourth-order valence-electron chi connectivity index (χ4n) is 7.51. The number of carbonyl (C=O) groups excluding carboxylic acids is 1. The molecule has 2 aliphatic carbocycles. The van der Waals surface area contributed by atoms with Crippen LogP contribution >= 0.6 is 7.60 Å². The van der Waals surface area contributed by atoms with Crippen LogP contribution in [0.25, 0.3) is 17.2 Å². The van der Waals surface area contributed by atoms with Crippen LogP contribution in [0.2, 0.25) is 0 Å². The van der Waals surface area contributed by atoms with Gasteiger partial charge >= 0.3 is 13.6 Å². The van der Waals surface area contributed by atoms with Crippen LogP contribution in [0.15, 0.2) is 49.1 Å². The lowest BCUT2D eigenvalue weighted by molar-refractivity contribution is -0.155. The van der Waals surface area contributed by atoms with Crippen molar-refractivity contribution in [2.45, 2.75) is 134 Å². The van der Waals surface area contributed by atoms with E-state index in [-0.39, 0.29) is 6.10 Å². The Bertz CT molecular complexity index is 1770. The summed E-state index contributed by atoms with van der Waals surface area (Å²) in [6, 6.07) is 5.63. The van der Waals surface area contributed by atoms with Crippen molar-refractivity contribution in [1.29, 1.82) is 0 Å². The number of aromatic nitrogens is 4. The molecule has 1 aliphatic heterocycles. The Morgan fingerprint density at radius 2 is 1.88 bits per heavy atom. The van der Waals surface area contributed by atoms with Gasteiger partial charge in [0.2, 0.25) is 0 Å². The molecule has 0 radical (unpaired) electrons. The van der Waals surface area contributed by atoms with Crippen LogP contribution in [-0.4, -0.2) is 71.9 Å². The summed E-state index contributed by atoms with van der Waals surface area (Å²) < 4.78 is 42.2. The molecule has 3 heterocycles. The Morgan fingerprint density at radius 1 is 1.08 bits per heavy atom. The van der Waals surface area contributed by atoms with Crippen LogP contribution in [0.4, 0.5) is 0 Å². The first kappa shape index (κ1) is 37.4. The van der Waals surface area contributed by atoms with E-state index in [4.69, 9.17) is 18.5 Å². The number of aliphatic hydroxyl groups is 2. The molecule has 8 unspecified atom stereocenters. The molecule has 1 saturated heterocycles. The van der Waals surface area contributed by atoms with Crippen molar-refractivity contribution >= 4 is 30.8 Å². The van der Waals surface area contributed by atoms with Gasteiger partial charge in [0.25, 0.3) is 0 Å². The van der Waals surface area contributed by atoms with Gasteiger partial charge in [0.1, 0.15) is 42.0 Å². The highest BCUT2D eigenvalue weighted by Crippen LogP contribution is 2.59. The predicted molar refractivity (Wildman–Crippen MR) is 193 cm³/mol. The number of ether oxygens (including phenoxy) is 2. The van der Waals surface area contributed by atoms with E-state index in [0.717, 1.165) is 68.2 Å². The van der Waals surface area contributed by atoms with E-state index in [0.29, 0.717) is 29.8 Å². The van der Waals surface area contributed by atoms with E-state index in [2.05, 4.69) is 21.0 Å². The number of aryl methyl sites for hydroxylation is 2. The number of hydrogen-bond donors (Lipinski definition) is 2. The van der Waals surface area contributed by atoms with Crippen LogP contribution in [0.3, 0.4) is 0 Å². The Labute approximate surface area is 299 Å². The predicted octanol–water partition coefficient (Wildman–Crippen LogP) is 6.88. The molecule has 51 heavy (non-hydrogen) atoms. The van der Waals surface area contributed by atoms with Crippen molar-refractivity contribution < 1.29 is 38.1 Å². The third-order valence-electron chi connectivity index (χ3n) is 10.3. The molecular formula is C38H51N4O8P. The molecule has 276 valence electrons. The molecule has 2 aromatic heterocycles. The summed E-state index contributed by atoms with van der Waals surface area (Å²) in [5.41, 5.74) is 2.78. The van der Waals surface area contributed by atoms with Crippen LogP contribution in [-0.2, 0) is 36.2 Å². The molecule has 0 bridgehead atoms. The van der Waals surface area contributed by atoms with Crippen molar-refractivity contribution in [3.05, 3.63) is 65.9 Å². The number of esters is 1. The van der Waals surface area contributed by atoms with Gasteiger partial charge < -0.3 is 24.2 Å². The lowest BCUT2D eigenvalue weighted by Gasteiger charge is -2.34. The Morgan fingerprint density at radius 3 is 2.65 bits per heavy atom. The normalized spacial score (nSPS) is 25.4. The average Bonchev–Trinajstić information content (AvgIpc) is 3.66. The maximum absolute atomic E-state index is 15.4. The topological polar surface area (TPSA) is 155 Å². The molecule has 1 saturated carbocycles. The molecule has 3 aromatic rings. The van der Waals surface area contributed by atoms with E-state index in [1.165, 1.54) is 12.7 Å². The summed E-state index contributed by atoms with van der Waals surface area (Å²) in [4.78, 5) is 26.9. The highest BCUT2D eigenvalue weighted by molar-refractivity contribution is 7.55. The second-order valence-electron chi connectivity index (χ2n) is 13.9. The Kier molecular flexibility index (Phi) is 12.1. The quantitative estimate of drug-likeness (QED) is 0.140. The zero-order valence-corrected chi connectivity index (χ0v) is 30.9. The molecule has 2 N–H and O–H groups in total. The van der Waals surface area contributed by atoms with Crippen molar-refractivity contribution in [2.75, 3.05) is 0 Å². The summed E-state index contributed by atoms with van der Waals surface area (Å²) in [6.07, 6.45) is 12.9. The zero-order chi connectivity index (χ0) is 36.1. The minimum Gasteiger partial charge on any atom is -0.462 e. The van der Waals surface area contributed by atoms with Gasteiger partial charge in [0.15, 0.2) is 11.9 Å². The molecule has 6 rings (SSSR count). The molecule has 3 aliphatic rings. The van der Waals surface area contributed by atoms with Gasteiger partial charge in [-0.3, -0.25) is 13.9 Å². The SMILES string of the molecule is CCCc1ncnc2c1ncn2C1OC(C(C)OP(=O)(Oc2cccc3c2C=CC=CCC3)C(CC)C(C)C(=O)OC2CCCCC2)C(O)C1O. The molecular weight excluding hydrogens is 671 g/mol. The number of hydrogen-bond acceptors (Lipinski definition) is 11. The summed E-state index contributed by atoms with van der Waals surface area (Å²) in [6.45, 7) is 7.24. The van der Waals surface area contributed by atoms with Crippen molar-refractivity contribution in [3.8, 4) is 5.75 Å². The van der Waals surface area contributed by atoms with E-state index in [1.807, 2.05) is 44.2 Å². The number of fused-ring (bicyclic) bond motifs is 2. The average molecular weight is 723 g/mol. The second kappa shape index (κ2) is 16.5. The molecule has 0 spiro atoms. The first-order valence-corrected chi connectivity index (χ1v) is 20.1. The van der Waals surface area contributed by atoms with Gasteiger partial charge in [0.05, 0.1) is 29.7 Å². The highest BCUT2D eigenvalue weighted by Gasteiger charge is 2.51. The summed E-state index contributed by atoms with van der Waals surface area (Å²) >= 11 is 0. The van der Waals surface area contributed by atoms with E-state index >= 15 is 4.57 Å². The van der Waals surface area contributed by atoms with Gasteiger partial charge in [-0.25, -0.2) is 19.5 Å². The van der Waals surface area contributed by atoms with Gasteiger partial charge in [-0.1, -0.05) is 70.0 Å². The number of carbonyl (C=O) groups is 1. The van der Waals surface area contributed by atoms with Crippen LogP contribution < -0.4 is 4.52 Å². The van der Waals surface area contributed by atoms with E-state index in [1.54, 1.807) is 24.5 Å². The maximum Gasteiger partial charge on any atom is 0.383 e. The molecule has 1 aromatic carbocycles. The Balaban J connectivity index is 1.30. The zero-order valence-electron chi connectivity index (χ0n) is 30.0. The number of rotatable bonds is 13. The fraction of sp³-hybridized carbons (Fsp3) is 0.579. The fourth-order valence-corrected chi connectivity index (χ4v) is 9.98. The summed E-state index contributed by atoms with van der Waals surface area (Å²) in [7, 11) is -4.24. The van der Waals surface area contributed by atoms with Crippen LogP contribution in [0.5, 0.6) is 5.75 Å². The Hall–Kier alpha value is -3.41. The van der Waals surface area contributed by atoms with Gasteiger partial charge in [-0.15, -0.1) is 0 Å². The third kappa shape index (κ3) is 8.00. The third-order valence-corrected chi connectivity index (χ3v) is 13.0. The number of allylic oxidation sites excluding steroid dienone is 3. The number of nitrogens with zero attached hydrogens (tertiary/aromatic N) is 4. The van der Waals surface area contributed by atoms with E-state index in [9.17, 15) is 15.0 Å². The monoisotopic (exact) mass is 722 g/mol. The van der Waals surface area contributed by atoms with Gasteiger partial charge in [-0.2, -0.15) is 0 Å². The van der Waals surface area contributed by atoms with Crippen LogP contribution in [0, 0.1) is 5.92 Å². The summed E-state index contributed by atoms with van der Waals surface area (Å²) in [5, 5.41) is 22.6. The lowest BCUT2D eigenvalue weighted by atomic mass is 9.97. The van der Waals surface area contributed by atoms with Crippen molar-refractivity contribution in [2.24, 2.45) is 5.92 Å². The first-order valence-electron chi connectivity index (χ1n) is 18.5. The molecule has 12 nitrogen and oxygen atoms in total. The van der Waals surface area contributed by atoms with Crippen molar-refractivity contribution in [3.63, 3.8) is 0 Å². The van der Waals surface area contributed by atoms with E-state index < -0.39 is 55.8 Å². The molecule has 2 fully saturated rings. The highest BCUT2D eigenvalue weighted by atomic mass is 31.2. The first-order chi connectivity index (χ1) is 24.6.